The molecule has 0 atom stereocenters. The summed E-state index contributed by atoms with van der Waals surface area (Å²) >= 11 is 0. The molecule has 0 fully saturated rings. The zero-order valence-electron chi connectivity index (χ0n) is 15.1. The summed E-state index contributed by atoms with van der Waals surface area (Å²) in [5.41, 5.74) is 16.1. The predicted molar refractivity (Wildman–Crippen MR) is 112 cm³/mol. The lowest BCUT2D eigenvalue weighted by molar-refractivity contribution is 0.305. The highest BCUT2D eigenvalue weighted by molar-refractivity contribution is 5.95. The van der Waals surface area contributed by atoms with Crippen molar-refractivity contribution in [2.75, 3.05) is 5.73 Å². The van der Waals surface area contributed by atoms with Crippen LogP contribution in [0.1, 0.15) is 22.3 Å². The lowest BCUT2D eigenvalue weighted by atomic mass is 10.1. The number of nitrogens with two attached hydrogens (primary N) is 2. The smallest absolute Gasteiger partial charge is 0.127 e. The van der Waals surface area contributed by atoms with Crippen LogP contribution in [0.5, 0.6) is 5.75 Å². The molecule has 0 heterocycles. The van der Waals surface area contributed by atoms with E-state index in [-0.39, 0.29) is 5.84 Å². The van der Waals surface area contributed by atoms with E-state index in [1.54, 1.807) is 6.07 Å². The van der Waals surface area contributed by atoms with Gasteiger partial charge in [-0.3, -0.25) is 5.41 Å². The molecule has 0 bridgehead atoms. The van der Waals surface area contributed by atoms with Crippen LogP contribution in [0, 0.1) is 5.41 Å². The maximum absolute atomic E-state index is 7.68. The van der Waals surface area contributed by atoms with Crippen LogP contribution in [0.3, 0.4) is 0 Å². The molecule has 0 spiro atoms. The third-order valence-corrected chi connectivity index (χ3v) is 4.25. The van der Waals surface area contributed by atoms with Crippen molar-refractivity contribution < 1.29 is 4.74 Å². The van der Waals surface area contributed by atoms with Gasteiger partial charge in [-0.15, -0.1) is 0 Å². The second kappa shape index (κ2) is 8.72. The monoisotopic (exact) mass is 357 g/mol. The van der Waals surface area contributed by atoms with Crippen LogP contribution < -0.4 is 16.2 Å². The summed E-state index contributed by atoms with van der Waals surface area (Å²) in [6, 6.07) is 23.3. The first kappa shape index (κ1) is 18.3. The fourth-order valence-corrected chi connectivity index (χ4v) is 2.75. The van der Waals surface area contributed by atoms with E-state index in [0.29, 0.717) is 12.2 Å². The van der Waals surface area contributed by atoms with Crippen molar-refractivity contribution >= 4 is 17.6 Å². The molecule has 27 heavy (non-hydrogen) atoms. The molecule has 0 aliphatic carbocycles. The lowest BCUT2D eigenvalue weighted by Crippen LogP contribution is -2.11. The molecule has 0 aliphatic rings. The summed E-state index contributed by atoms with van der Waals surface area (Å²) in [5, 5.41) is 7.68. The van der Waals surface area contributed by atoms with E-state index in [1.165, 1.54) is 0 Å². The minimum atomic E-state index is 0.0339. The number of benzene rings is 3. The molecule has 0 unspecified atom stereocenters. The number of hydrogen-bond acceptors (Lipinski definition) is 3. The maximum Gasteiger partial charge on any atom is 0.127 e. The van der Waals surface area contributed by atoms with Gasteiger partial charge in [0.15, 0.2) is 0 Å². The molecule has 0 saturated carbocycles. The molecule has 5 N–H and O–H groups in total. The Labute approximate surface area is 159 Å². The number of nitrogens with one attached hydrogen (secondary N) is 1. The summed E-state index contributed by atoms with van der Waals surface area (Å²) < 4.78 is 6.00. The van der Waals surface area contributed by atoms with Gasteiger partial charge in [-0.05, 0) is 41.8 Å². The summed E-state index contributed by atoms with van der Waals surface area (Å²) in [5.74, 6) is 0.785. The van der Waals surface area contributed by atoms with E-state index in [0.717, 1.165) is 34.5 Å². The van der Waals surface area contributed by atoms with Crippen LogP contribution in [-0.4, -0.2) is 5.84 Å². The van der Waals surface area contributed by atoms with Gasteiger partial charge >= 0.3 is 0 Å². The molecule has 4 nitrogen and oxygen atoms in total. The number of nitrogen functional groups attached to an aromatic ring is 2. The Kier molecular flexibility index (Phi) is 5.90. The quantitative estimate of drug-likeness (QED) is 0.333. The van der Waals surface area contributed by atoms with Crippen molar-refractivity contribution in [2.45, 2.75) is 13.0 Å². The van der Waals surface area contributed by atoms with Gasteiger partial charge in [0.05, 0.1) is 0 Å². The van der Waals surface area contributed by atoms with E-state index in [9.17, 15) is 0 Å². The molecular weight excluding hydrogens is 334 g/mol. The third-order valence-electron chi connectivity index (χ3n) is 4.25. The second-order valence-electron chi connectivity index (χ2n) is 6.25. The normalized spacial score (nSPS) is 10.8. The van der Waals surface area contributed by atoms with Gasteiger partial charge in [0.1, 0.15) is 18.2 Å². The highest BCUT2D eigenvalue weighted by Crippen LogP contribution is 2.23. The molecule has 0 aromatic heterocycles. The Hall–Kier alpha value is -3.53. The van der Waals surface area contributed by atoms with E-state index in [2.05, 4.69) is 0 Å². The standard InChI is InChI=1S/C23H23N3O/c24-21-12-5-4-9-18(21)10-6-11-19-15-20(23(25)26)13-14-22(19)27-16-17-7-2-1-3-8-17/h1-9,11-15H,10,16,24H2,(H3,25,26). The topological polar surface area (TPSA) is 85.1 Å². The summed E-state index contributed by atoms with van der Waals surface area (Å²) in [6.45, 7) is 0.479. The Balaban J connectivity index is 1.80. The van der Waals surface area contributed by atoms with Gasteiger partial charge in [0.25, 0.3) is 0 Å². The van der Waals surface area contributed by atoms with Gasteiger partial charge in [0.2, 0.25) is 0 Å². The van der Waals surface area contributed by atoms with E-state index in [1.807, 2.05) is 78.9 Å². The van der Waals surface area contributed by atoms with Crippen LogP contribution in [0.2, 0.25) is 0 Å². The maximum atomic E-state index is 7.68. The van der Waals surface area contributed by atoms with E-state index >= 15 is 0 Å². The number of amidine groups is 1. The average Bonchev–Trinajstić information content (AvgIpc) is 2.69. The number of hydrogen-bond donors (Lipinski definition) is 3. The van der Waals surface area contributed by atoms with Crippen molar-refractivity contribution in [1.29, 1.82) is 5.41 Å². The molecule has 3 aromatic carbocycles. The summed E-state index contributed by atoms with van der Waals surface area (Å²) in [7, 11) is 0. The predicted octanol–water partition coefficient (Wildman–Crippen LogP) is 4.39. The molecular formula is C23H23N3O. The molecule has 0 saturated heterocycles. The van der Waals surface area contributed by atoms with E-state index in [4.69, 9.17) is 21.6 Å². The molecule has 4 heteroatoms. The minimum absolute atomic E-state index is 0.0339. The first-order valence-electron chi connectivity index (χ1n) is 8.78. The van der Waals surface area contributed by atoms with Crippen LogP contribution >= 0.6 is 0 Å². The average molecular weight is 357 g/mol. The number of anilines is 1. The van der Waals surface area contributed by atoms with Crippen LogP contribution in [0.15, 0.2) is 78.9 Å². The fraction of sp³-hybridized carbons (Fsp3) is 0.0870. The highest BCUT2D eigenvalue weighted by atomic mass is 16.5. The second-order valence-corrected chi connectivity index (χ2v) is 6.25. The third kappa shape index (κ3) is 4.98. The highest BCUT2D eigenvalue weighted by Gasteiger charge is 2.06. The van der Waals surface area contributed by atoms with Gasteiger partial charge in [-0.2, -0.15) is 0 Å². The van der Waals surface area contributed by atoms with Crippen LogP contribution in [0.4, 0.5) is 5.69 Å². The largest absolute Gasteiger partial charge is 0.488 e. The SMILES string of the molecule is N=C(N)c1ccc(OCc2ccccc2)c(C=CCc2ccccc2N)c1. The summed E-state index contributed by atoms with van der Waals surface area (Å²) in [4.78, 5) is 0. The van der Waals surface area contributed by atoms with Gasteiger partial charge in [-0.25, -0.2) is 0 Å². The zero-order valence-corrected chi connectivity index (χ0v) is 15.1. The molecule has 0 aliphatic heterocycles. The Bertz CT molecular complexity index is 949. The number of ether oxygens (including phenoxy) is 1. The molecule has 3 rings (SSSR count). The van der Waals surface area contributed by atoms with Gasteiger partial charge < -0.3 is 16.2 Å². The Morgan fingerprint density at radius 1 is 0.963 bits per heavy atom. The lowest BCUT2D eigenvalue weighted by Gasteiger charge is -2.11. The molecule has 0 amide bonds. The Morgan fingerprint density at radius 3 is 2.44 bits per heavy atom. The van der Waals surface area contributed by atoms with Crippen molar-refractivity contribution in [2.24, 2.45) is 5.73 Å². The molecule has 3 aromatic rings. The number of allylic oxidation sites excluding steroid dienone is 1. The Morgan fingerprint density at radius 2 is 1.70 bits per heavy atom. The minimum Gasteiger partial charge on any atom is -0.488 e. The fourth-order valence-electron chi connectivity index (χ4n) is 2.75. The van der Waals surface area contributed by atoms with Crippen molar-refractivity contribution in [3.8, 4) is 5.75 Å². The first-order valence-corrected chi connectivity index (χ1v) is 8.78. The number of para-hydroxylation sites is 1. The van der Waals surface area contributed by atoms with Crippen molar-refractivity contribution in [3.63, 3.8) is 0 Å². The van der Waals surface area contributed by atoms with Crippen molar-refractivity contribution in [1.82, 2.24) is 0 Å². The van der Waals surface area contributed by atoms with Crippen LogP contribution in [-0.2, 0) is 13.0 Å². The summed E-state index contributed by atoms with van der Waals surface area (Å²) in [6.07, 6.45) is 4.74. The molecule has 136 valence electrons. The zero-order chi connectivity index (χ0) is 19.1. The van der Waals surface area contributed by atoms with E-state index < -0.39 is 0 Å². The van der Waals surface area contributed by atoms with Gasteiger partial charge in [-0.1, -0.05) is 60.7 Å². The van der Waals surface area contributed by atoms with Crippen molar-refractivity contribution in [3.05, 3.63) is 101 Å². The number of rotatable bonds is 7. The van der Waals surface area contributed by atoms with Crippen LogP contribution in [0.25, 0.3) is 6.08 Å². The molecule has 0 radical (unpaired) electrons. The first-order chi connectivity index (χ1) is 13.1. The van der Waals surface area contributed by atoms with Gasteiger partial charge in [0, 0.05) is 16.8 Å².